The third-order valence-electron chi connectivity index (χ3n) is 5.40. The third-order valence-corrected chi connectivity index (χ3v) is 5.40. The number of likely N-dealkylation sites (tertiary alicyclic amines) is 1. The number of carbonyl (C=O) groups excluding carboxylic acids is 1. The maximum absolute atomic E-state index is 12.9. The maximum Gasteiger partial charge on any atom is 0.223 e. The first-order chi connectivity index (χ1) is 11.3. The second-order valence-electron chi connectivity index (χ2n) is 8.37. The molecule has 0 spiro atoms. The van der Waals surface area contributed by atoms with Crippen molar-refractivity contribution < 1.29 is 15.0 Å². The van der Waals surface area contributed by atoms with Gasteiger partial charge in [-0.25, -0.2) is 0 Å². The quantitative estimate of drug-likeness (QED) is 0.890. The van der Waals surface area contributed by atoms with Crippen molar-refractivity contribution in [1.29, 1.82) is 0 Å². The van der Waals surface area contributed by atoms with E-state index in [1.165, 1.54) is 12.8 Å². The Labute approximate surface area is 144 Å². The largest absolute Gasteiger partial charge is 0.508 e. The number of rotatable bonds is 4. The molecule has 132 valence electrons. The summed E-state index contributed by atoms with van der Waals surface area (Å²) >= 11 is 0. The Morgan fingerprint density at radius 3 is 2.54 bits per heavy atom. The van der Waals surface area contributed by atoms with Crippen LogP contribution in [0.4, 0.5) is 0 Å². The van der Waals surface area contributed by atoms with Crippen LogP contribution in [0, 0.1) is 11.3 Å². The van der Waals surface area contributed by atoms with Crippen molar-refractivity contribution >= 4 is 5.91 Å². The van der Waals surface area contributed by atoms with Crippen LogP contribution >= 0.6 is 0 Å². The molecule has 2 N–H and O–H groups in total. The van der Waals surface area contributed by atoms with Gasteiger partial charge in [0.15, 0.2) is 0 Å². The van der Waals surface area contributed by atoms with Gasteiger partial charge >= 0.3 is 0 Å². The monoisotopic (exact) mass is 331 g/mol. The summed E-state index contributed by atoms with van der Waals surface area (Å²) in [5, 5.41) is 19.5. The highest BCUT2D eigenvalue weighted by Gasteiger charge is 2.36. The number of aliphatic hydroxyl groups is 1. The molecule has 3 rings (SSSR count). The van der Waals surface area contributed by atoms with E-state index >= 15 is 0 Å². The fourth-order valence-electron chi connectivity index (χ4n) is 4.01. The molecule has 1 aromatic rings. The van der Waals surface area contributed by atoms with E-state index in [2.05, 4.69) is 13.8 Å². The summed E-state index contributed by atoms with van der Waals surface area (Å²) in [6.45, 7) is 5.62. The van der Waals surface area contributed by atoms with Crippen LogP contribution in [0.2, 0.25) is 0 Å². The standard InChI is InChI=1S/C20H29NO3/c1-20(2)12-17(23)9-10-21(13-20)19(24)11-18(14-3-4-14)15-5-7-16(22)8-6-15/h5-8,14,17-18,22-23H,3-4,9-13H2,1-2H3. The van der Waals surface area contributed by atoms with Crippen molar-refractivity contribution in [2.45, 2.75) is 58.0 Å². The van der Waals surface area contributed by atoms with E-state index in [0.29, 0.717) is 25.3 Å². The number of aliphatic hydroxyl groups excluding tert-OH is 1. The van der Waals surface area contributed by atoms with Gasteiger partial charge < -0.3 is 15.1 Å². The normalized spacial score (nSPS) is 25.1. The molecule has 4 nitrogen and oxygen atoms in total. The molecule has 0 radical (unpaired) electrons. The van der Waals surface area contributed by atoms with Crippen LogP contribution in [0.15, 0.2) is 24.3 Å². The van der Waals surface area contributed by atoms with Gasteiger partial charge in [-0.05, 0) is 60.6 Å². The average Bonchev–Trinajstić information content (AvgIpc) is 3.34. The SMILES string of the molecule is CC1(C)CC(O)CCN(C(=O)CC(c2ccc(O)cc2)C2CC2)C1. The van der Waals surface area contributed by atoms with Gasteiger partial charge in [-0.3, -0.25) is 4.79 Å². The number of benzene rings is 1. The molecule has 1 aliphatic heterocycles. The van der Waals surface area contributed by atoms with E-state index < -0.39 is 0 Å². The second kappa shape index (κ2) is 6.75. The first kappa shape index (κ1) is 17.3. The van der Waals surface area contributed by atoms with Crippen LogP contribution < -0.4 is 0 Å². The second-order valence-corrected chi connectivity index (χ2v) is 8.37. The summed E-state index contributed by atoms with van der Waals surface area (Å²) < 4.78 is 0. The van der Waals surface area contributed by atoms with Gasteiger partial charge in [0.25, 0.3) is 0 Å². The zero-order chi connectivity index (χ0) is 17.3. The van der Waals surface area contributed by atoms with Gasteiger partial charge in [0.05, 0.1) is 6.10 Å². The highest BCUT2D eigenvalue weighted by molar-refractivity contribution is 5.77. The summed E-state index contributed by atoms with van der Waals surface area (Å²) in [5.41, 5.74) is 1.11. The van der Waals surface area contributed by atoms with Crippen LogP contribution in [-0.4, -0.2) is 40.2 Å². The number of aromatic hydroxyl groups is 1. The maximum atomic E-state index is 12.9. The third kappa shape index (κ3) is 4.29. The highest BCUT2D eigenvalue weighted by Crippen LogP contribution is 2.45. The van der Waals surface area contributed by atoms with E-state index in [9.17, 15) is 15.0 Å². The van der Waals surface area contributed by atoms with Crippen molar-refractivity contribution in [3.8, 4) is 5.75 Å². The molecule has 2 aliphatic rings. The van der Waals surface area contributed by atoms with Crippen molar-refractivity contribution in [3.05, 3.63) is 29.8 Å². The number of nitrogens with zero attached hydrogens (tertiary/aromatic N) is 1. The lowest BCUT2D eigenvalue weighted by Gasteiger charge is -2.31. The Morgan fingerprint density at radius 1 is 1.25 bits per heavy atom. The Hall–Kier alpha value is -1.55. The predicted molar refractivity (Wildman–Crippen MR) is 93.8 cm³/mol. The van der Waals surface area contributed by atoms with Gasteiger partial charge in [-0.2, -0.15) is 0 Å². The van der Waals surface area contributed by atoms with Gasteiger partial charge in [-0.15, -0.1) is 0 Å². The Balaban J connectivity index is 1.70. The number of hydrogen-bond acceptors (Lipinski definition) is 3. The summed E-state index contributed by atoms with van der Waals surface area (Å²) in [7, 11) is 0. The lowest BCUT2D eigenvalue weighted by molar-refractivity contribution is -0.132. The van der Waals surface area contributed by atoms with Crippen molar-refractivity contribution in [1.82, 2.24) is 4.90 Å². The van der Waals surface area contributed by atoms with Gasteiger partial charge in [-0.1, -0.05) is 26.0 Å². The molecule has 0 aromatic heterocycles. The molecular formula is C20H29NO3. The number of phenolic OH excluding ortho intramolecular Hbond substituents is 1. The highest BCUT2D eigenvalue weighted by atomic mass is 16.3. The van der Waals surface area contributed by atoms with Gasteiger partial charge in [0.1, 0.15) is 5.75 Å². The number of phenols is 1. The molecule has 2 unspecified atom stereocenters. The lowest BCUT2D eigenvalue weighted by Crippen LogP contribution is -2.38. The number of carbonyl (C=O) groups is 1. The minimum absolute atomic E-state index is 0.0425. The minimum Gasteiger partial charge on any atom is -0.508 e. The fraction of sp³-hybridized carbons (Fsp3) is 0.650. The summed E-state index contributed by atoms with van der Waals surface area (Å²) in [5.74, 6) is 1.29. The first-order valence-electron chi connectivity index (χ1n) is 9.09. The minimum atomic E-state index is -0.311. The van der Waals surface area contributed by atoms with Gasteiger partial charge in [0, 0.05) is 19.5 Å². The van der Waals surface area contributed by atoms with Gasteiger partial charge in [0.2, 0.25) is 5.91 Å². The summed E-state index contributed by atoms with van der Waals surface area (Å²) in [4.78, 5) is 14.9. The van der Waals surface area contributed by atoms with Crippen molar-refractivity contribution in [2.75, 3.05) is 13.1 Å². The Kier molecular flexibility index (Phi) is 4.86. The average molecular weight is 331 g/mol. The molecule has 1 aliphatic carbocycles. The van der Waals surface area contributed by atoms with Crippen LogP contribution in [0.3, 0.4) is 0 Å². The van der Waals surface area contributed by atoms with Crippen LogP contribution in [0.5, 0.6) is 5.75 Å². The molecule has 1 heterocycles. The first-order valence-corrected chi connectivity index (χ1v) is 9.09. The Morgan fingerprint density at radius 2 is 1.92 bits per heavy atom. The number of amides is 1. The smallest absolute Gasteiger partial charge is 0.223 e. The zero-order valence-electron chi connectivity index (χ0n) is 14.7. The van der Waals surface area contributed by atoms with E-state index in [1.807, 2.05) is 17.0 Å². The molecule has 24 heavy (non-hydrogen) atoms. The van der Waals surface area contributed by atoms with Crippen LogP contribution in [0.1, 0.15) is 57.4 Å². The van der Waals surface area contributed by atoms with Crippen LogP contribution in [-0.2, 0) is 4.79 Å². The number of hydrogen-bond donors (Lipinski definition) is 2. The molecule has 1 amide bonds. The summed E-state index contributed by atoms with van der Waals surface area (Å²) in [6.07, 6.45) is 4.01. The predicted octanol–water partition coefficient (Wildman–Crippen LogP) is 3.29. The van der Waals surface area contributed by atoms with E-state index in [0.717, 1.165) is 18.5 Å². The van der Waals surface area contributed by atoms with E-state index in [-0.39, 0.29) is 29.1 Å². The van der Waals surface area contributed by atoms with E-state index in [4.69, 9.17) is 0 Å². The zero-order valence-corrected chi connectivity index (χ0v) is 14.7. The molecule has 4 heteroatoms. The molecule has 1 aromatic carbocycles. The van der Waals surface area contributed by atoms with Crippen molar-refractivity contribution in [2.24, 2.45) is 11.3 Å². The molecule has 2 atom stereocenters. The fourth-order valence-corrected chi connectivity index (χ4v) is 4.01. The summed E-state index contributed by atoms with van der Waals surface area (Å²) in [6, 6.07) is 7.31. The molecular weight excluding hydrogens is 302 g/mol. The lowest BCUT2D eigenvalue weighted by atomic mass is 9.86. The molecule has 2 fully saturated rings. The molecule has 1 saturated heterocycles. The van der Waals surface area contributed by atoms with E-state index in [1.54, 1.807) is 12.1 Å². The molecule has 0 bridgehead atoms. The van der Waals surface area contributed by atoms with Crippen LogP contribution in [0.25, 0.3) is 0 Å². The topological polar surface area (TPSA) is 60.8 Å². The Bertz CT molecular complexity index is 577. The molecule has 1 saturated carbocycles. The van der Waals surface area contributed by atoms with Crippen molar-refractivity contribution in [3.63, 3.8) is 0 Å².